The van der Waals surface area contributed by atoms with E-state index in [2.05, 4.69) is 21.2 Å². The Balaban J connectivity index is 2.66. The number of hydrogen-bond donors (Lipinski definition) is 2. The van der Waals surface area contributed by atoms with E-state index in [1.54, 1.807) is 6.92 Å². The number of amides is 1. The highest BCUT2D eigenvalue weighted by Crippen LogP contribution is 2.22. The van der Waals surface area contributed by atoms with Crippen LogP contribution < -0.4 is 5.32 Å². The second-order valence-corrected chi connectivity index (χ2v) is 4.24. The van der Waals surface area contributed by atoms with Gasteiger partial charge in [0.1, 0.15) is 6.42 Å². The van der Waals surface area contributed by atoms with Crippen molar-refractivity contribution < 1.29 is 14.7 Å². The van der Waals surface area contributed by atoms with E-state index in [9.17, 15) is 9.59 Å². The predicted octanol–water partition coefficient (Wildman–Crippen LogP) is 2.10. The van der Waals surface area contributed by atoms with Crippen molar-refractivity contribution in [3.63, 3.8) is 0 Å². The number of hydrogen-bond acceptors (Lipinski definition) is 2. The number of halogens is 1. The van der Waals surface area contributed by atoms with Gasteiger partial charge >= 0.3 is 5.97 Å². The van der Waals surface area contributed by atoms with E-state index < -0.39 is 18.3 Å². The number of rotatable bonds is 4. The first kappa shape index (κ1) is 12.7. The summed E-state index contributed by atoms with van der Waals surface area (Å²) in [5, 5.41) is 11.1. The topological polar surface area (TPSA) is 66.4 Å². The van der Waals surface area contributed by atoms with Crippen LogP contribution in [0.4, 0.5) is 0 Å². The second kappa shape index (κ2) is 5.65. The summed E-state index contributed by atoms with van der Waals surface area (Å²) in [5.74, 6) is -1.62. The molecule has 0 aromatic heterocycles. The van der Waals surface area contributed by atoms with Crippen LogP contribution in [0.15, 0.2) is 28.7 Å². The third kappa shape index (κ3) is 3.66. The Morgan fingerprint density at radius 2 is 2.06 bits per heavy atom. The van der Waals surface area contributed by atoms with Crippen molar-refractivity contribution in [3.8, 4) is 0 Å². The maximum atomic E-state index is 11.2. The van der Waals surface area contributed by atoms with E-state index in [0.717, 1.165) is 10.0 Å². The van der Waals surface area contributed by atoms with Crippen molar-refractivity contribution in [1.82, 2.24) is 5.32 Å². The molecule has 0 radical (unpaired) electrons. The highest BCUT2D eigenvalue weighted by Gasteiger charge is 2.13. The zero-order valence-corrected chi connectivity index (χ0v) is 10.3. The lowest BCUT2D eigenvalue weighted by Gasteiger charge is -2.15. The number of carboxylic acids is 1. The van der Waals surface area contributed by atoms with Gasteiger partial charge in [-0.05, 0) is 18.6 Å². The molecule has 0 fully saturated rings. The summed E-state index contributed by atoms with van der Waals surface area (Å²) in [7, 11) is 0. The van der Waals surface area contributed by atoms with E-state index in [-0.39, 0.29) is 6.04 Å². The van der Waals surface area contributed by atoms with Crippen LogP contribution in [0.5, 0.6) is 0 Å². The van der Waals surface area contributed by atoms with Crippen molar-refractivity contribution in [1.29, 1.82) is 0 Å². The predicted molar refractivity (Wildman–Crippen MR) is 63.0 cm³/mol. The van der Waals surface area contributed by atoms with Crippen molar-refractivity contribution in [2.45, 2.75) is 19.4 Å². The molecule has 1 atom stereocenters. The summed E-state index contributed by atoms with van der Waals surface area (Å²) >= 11 is 3.37. The number of aliphatic carboxylic acids is 1. The largest absolute Gasteiger partial charge is 0.481 e. The van der Waals surface area contributed by atoms with E-state index >= 15 is 0 Å². The summed E-state index contributed by atoms with van der Waals surface area (Å²) in [6.07, 6.45) is -0.505. The molecule has 2 N–H and O–H groups in total. The van der Waals surface area contributed by atoms with Crippen molar-refractivity contribution in [2.24, 2.45) is 0 Å². The van der Waals surface area contributed by atoms with Gasteiger partial charge in [-0.15, -0.1) is 0 Å². The first-order valence-corrected chi connectivity index (χ1v) is 5.55. The molecule has 0 aliphatic heterocycles. The van der Waals surface area contributed by atoms with Crippen LogP contribution in [0.1, 0.15) is 24.9 Å². The molecule has 0 aliphatic carbocycles. The molecule has 1 unspecified atom stereocenters. The van der Waals surface area contributed by atoms with Crippen molar-refractivity contribution in [2.75, 3.05) is 0 Å². The van der Waals surface area contributed by atoms with Gasteiger partial charge in [0.05, 0.1) is 6.04 Å². The van der Waals surface area contributed by atoms with E-state index in [1.165, 1.54) is 0 Å². The molecule has 1 aromatic rings. The summed E-state index contributed by atoms with van der Waals surface area (Å²) in [4.78, 5) is 21.6. The molecule has 0 saturated carbocycles. The Labute approximate surface area is 102 Å². The minimum absolute atomic E-state index is 0.220. The quantitative estimate of drug-likeness (QED) is 0.833. The lowest BCUT2D eigenvalue weighted by atomic mass is 10.1. The first-order chi connectivity index (χ1) is 7.50. The maximum Gasteiger partial charge on any atom is 0.312 e. The van der Waals surface area contributed by atoms with Gasteiger partial charge in [-0.2, -0.15) is 0 Å². The van der Waals surface area contributed by atoms with Crippen LogP contribution in [0.3, 0.4) is 0 Å². The lowest BCUT2D eigenvalue weighted by Crippen LogP contribution is -2.28. The van der Waals surface area contributed by atoms with Gasteiger partial charge in [-0.3, -0.25) is 9.59 Å². The highest BCUT2D eigenvalue weighted by atomic mass is 79.9. The highest BCUT2D eigenvalue weighted by molar-refractivity contribution is 9.10. The van der Waals surface area contributed by atoms with Gasteiger partial charge < -0.3 is 10.4 Å². The van der Waals surface area contributed by atoms with Crippen molar-refractivity contribution in [3.05, 3.63) is 34.3 Å². The molecule has 1 amide bonds. The third-order valence-electron chi connectivity index (χ3n) is 2.06. The van der Waals surface area contributed by atoms with Crippen LogP contribution >= 0.6 is 15.9 Å². The Morgan fingerprint density at radius 3 is 2.62 bits per heavy atom. The summed E-state index contributed by atoms with van der Waals surface area (Å²) < 4.78 is 0.887. The first-order valence-electron chi connectivity index (χ1n) is 4.76. The molecule has 1 aromatic carbocycles. The van der Waals surface area contributed by atoms with Gasteiger partial charge in [0.25, 0.3) is 0 Å². The summed E-state index contributed by atoms with van der Waals surface area (Å²) in [6.45, 7) is 1.81. The standard InChI is InChI=1S/C11H12BrNO3/c1-7(13-10(14)6-11(15)16)8-4-2-3-5-9(8)12/h2-5,7H,6H2,1H3,(H,13,14)(H,15,16). The fraction of sp³-hybridized carbons (Fsp3) is 0.273. The molecular weight excluding hydrogens is 274 g/mol. The normalized spacial score (nSPS) is 11.9. The number of nitrogens with one attached hydrogen (secondary N) is 1. The van der Waals surface area contributed by atoms with Crippen LogP contribution in [0, 0.1) is 0 Å². The molecule has 16 heavy (non-hydrogen) atoms. The molecule has 86 valence electrons. The molecule has 1 rings (SSSR count). The molecule has 0 bridgehead atoms. The Hall–Kier alpha value is -1.36. The minimum atomic E-state index is -1.13. The minimum Gasteiger partial charge on any atom is -0.481 e. The fourth-order valence-corrected chi connectivity index (χ4v) is 1.96. The van der Waals surface area contributed by atoms with E-state index in [4.69, 9.17) is 5.11 Å². The number of carbonyl (C=O) groups is 2. The van der Waals surface area contributed by atoms with Crippen LogP contribution in [0.25, 0.3) is 0 Å². The Bertz CT molecular complexity index is 406. The molecule has 0 heterocycles. The zero-order valence-electron chi connectivity index (χ0n) is 8.74. The van der Waals surface area contributed by atoms with Crippen LogP contribution in [-0.4, -0.2) is 17.0 Å². The number of carboxylic acid groups (broad SMARTS) is 1. The molecule has 0 saturated heterocycles. The third-order valence-corrected chi connectivity index (χ3v) is 2.78. The van der Waals surface area contributed by atoms with Gasteiger partial charge in [-0.1, -0.05) is 34.1 Å². The molecule has 0 aliphatic rings. The van der Waals surface area contributed by atoms with Crippen LogP contribution in [-0.2, 0) is 9.59 Å². The fourth-order valence-electron chi connectivity index (χ4n) is 1.33. The van der Waals surface area contributed by atoms with E-state index in [0.29, 0.717) is 0 Å². The maximum absolute atomic E-state index is 11.2. The van der Waals surface area contributed by atoms with Gasteiger partial charge in [-0.25, -0.2) is 0 Å². The van der Waals surface area contributed by atoms with E-state index in [1.807, 2.05) is 24.3 Å². The molecule has 4 nitrogen and oxygen atoms in total. The van der Waals surface area contributed by atoms with Gasteiger partial charge in [0, 0.05) is 4.47 Å². The zero-order chi connectivity index (χ0) is 12.1. The van der Waals surface area contributed by atoms with Gasteiger partial charge in [0.15, 0.2) is 0 Å². The van der Waals surface area contributed by atoms with Crippen molar-refractivity contribution >= 4 is 27.8 Å². The average molecular weight is 286 g/mol. The molecule has 0 spiro atoms. The molecular formula is C11H12BrNO3. The Kier molecular flexibility index (Phi) is 4.49. The summed E-state index contributed by atoms with van der Waals surface area (Å²) in [5.41, 5.74) is 0.918. The smallest absolute Gasteiger partial charge is 0.312 e. The average Bonchev–Trinajstić information content (AvgIpc) is 2.16. The monoisotopic (exact) mass is 285 g/mol. The molecule has 5 heteroatoms. The lowest BCUT2D eigenvalue weighted by molar-refractivity contribution is -0.140. The number of carbonyl (C=O) groups excluding carboxylic acids is 1. The van der Waals surface area contributed by atoms with Gasteiger partial charge in [0.2, 0.25) is 5.91 Å². The summed E-state index contributed by atoms with van der Waals surface area (Å²) in [6, 6.07) is 7.26. The number of benzene rings is 1. The second-order valence-electron chi connectivity index (χ2n) is 3.38. The SMILES string of the molecule is CC(NC(=O)CC(=O)O)c1ccccc1Br. The Morgan fingerprint density at radius 1 is 1.44 bits per heavy atom. The van der Waals surface area contributed by atoms with Crippen LogP contribution in [0.2, 0.25) is 0 Å².